The van der Waals surface area contributed by atoms with Gasteiger partial charge in [0.15, 0.2) is 11.6 Å². The molecular weight excluding hydrogens is 387 g/mol. The second-order valence-corrected chi connectivity index (χ2v) is 10.8. The Hall–Kier alpha value is -1.07. The van der Waals surface area contributed by atoms with E-state index in [0.717, 1.165) is 0 Å². The van der Waals surface area contributed by atoms with Crippen molar-refractivity contribution < 1.29 is 36.6 Å². The number of rotatable bonds is 2. The molecule has 0 atom stereocenters. The average molecular weight is 427 g/mol. The third kappa shape index (κ3) is 13.7. The van der Waals surface area contributed by atoms with Crippen molar-refractivity contribution in [3.8, 4) is 0 Å². The molecule has 0 aromatic rings. The molecule has 0 aliphatic carbocycles. The molecule has 0 amide bonds. The van der Waals surface area contributed by atoms with Crippen molar-refractivity contribution in [1.82, 2.24) is 0 Å². The third-order valence-electron chi connectivity index (χ3n) is 3.55. The van der Waals surface area contributed by atoms with E-state index >= 15 is 0 Å². The van der Waals surface area contributed by atoms with Crippen LogP contribution in [0.1, 0.15) is 83.1 Å². The van der Waals surface area contributed by atoms with Crippen LogP contribution in [-0.4, -0.2) is 21.8 Å². The molecule has 4 nitrogen and oxygen atoms in total. The molecule has 161 valence electrons. The van der Waals surface area contributed by atoms with Crippen LogP contribution in [0, 0.1) is 21.7 Å². The summed E-state index contributed by atoms with van der Waals surface area (Å²) in [5.74, 6) is 0.208. The van der Waals surface area contributed by atoms with E-state index in [1.54, 1.807) is 0 Å². The molecule has 0 aromatic heterocycles. The fourth-order valence-corrected chi connectivity index (χ4v) is 1.11. The maximum absolute atomic E-state index is 11.5. The number of carbonyl (C=O) groups is 2. The summed E-state index contributed by atoms with van der Waals surface area (Å²) in [5, 5.41) is 19.1. The van der Waals surface area contributed by atoms with Gasteiger partial charge in [0.25, 0.3) is 0 Å². The largest absolute Gasteiger partial charge is 0.512 e. The molecule has 0 fully saturated rings. The number of carbonyl (C=O) groups excluding carboxylic acids is 2. The van der Waals surface area contributed by atoms with Crippen molar-refractivity contribution in [2.24, 2.45) is 21.7 Å². The fourth-order valence-electron chi connectivity index (χ4n) is 1.11. The Balaban J connectivity index is -0.000000411. The number of aliphatic hydroxyl groups is 2. The second kappa shape index (κ2) is 10.5. The molecule has 0 saturated carbocycles. The van der Waals surface area contributed by atoms with Crippen molar-refractivity contribution in [2.75, 3.05) is 0 Å². The standard InChI is InChI=1S/2C11H20O2.Co/c2*1-10(2,3)8(12)7-9(13)11(4,5)6;/h2*7,12H,1-6H3;. The summed E-state index contributed by atoms with van der Waals surface area (Å²) in [5.41, 5.74) is -1.53. The summed E-state index contributed by atoms with van der Waals surface area (Å²) in [6.45, 7) is 22.2. The van der Waals surface area contributed by atoms with E-state index in [1.807, 2.05) is 83.1 Å². The number of allylic oxidation sites excluding steroid dienone is 4. The van der Waals surface area contributed by atoms with E-state index in [-0.39, 0.29) is 50.7 Å². The summed E-state index contributed by atoms with van der Waals surface area (Å²) in [6, 6.07) is 0. The molecule has 0 aliphatic heterocycles. The summed E-state index contributed by atoms with van der Waals surface area (Å²) >= 11 is 0. The molecule has 1 radical (unpaired) electrons. The molecule has 0 heterocycles. The van der Waals surface area contributed by atoms with Crippen LogP contribution in [0.3, 0.4) is 0 Å². The smallest absolute Gasteiger partial charge is 0.164 e. The molecule has 0 aromatic carbocycles. The third-order valence-corrected chi connectivity index (χ3v) is 3.55. The molecule has 0 unspecified atom stereocenters. The number of ketones is 2. The molecule has 2 N–H and O–H groups in total. The van der Waals surface area contributed by atoms with Crippen LogP contribution < -0.4 is 0 Å². The minimum Gasteiger partial charge on any atom is -0.512 e. The average Bonchev–Trinajstić information content (AvgIpc) is 2.34. The number of hydrogen-bond donors (Lipinski definition) is 2. The van der Waals surface area contributed by atoms with Crippen LogP contribution in [0.25, 0.3) is 0 Å². The Bertz CT molecular complexity index is 505. The monoisotopic (exact) mass is 427 g/mol. The molecule has 5 heteroatoms. The SMILES string of the molecule is CC(C)(C)C(=O)C=C(O)C(C)(C)C.CC(C)(C)C(=O)C=C(O)C(C)(C)C.[Co]. The van der Waals surface area contributed by atoms with E-state index in [2.05, 4.69) is 0 Å². The number of aliphatic hydroxyl groups excluding tert-OH is 2. The van der Waals surface area contributed by atoms with Gasteiger partial charge in [-0.2, -0.15) is 0 Å². The van der Waals surface area contributed by atoms with Gasteiger partial charge in [-0.25, -0.2) is 0 Å². The van der Waals surface area contributed by atoms with Gasteiger partial charge in [0.2, 0.25) is 0 Å². The van der Waals surface area contributed by atoms with Crippen molar-refractivity contribution in [1.29, 1.82) is 0 Å². The van der Waals surface area contributed by atoms with Gasteiger partial charge in [-0.3, -0.25) is 9.59 Å². The van der Waals surface area contributed by atoms with Crippen LogP contribution in [0.4, 0.5) is 0 Å². The predicted molar refractivity (Wildman–Crippen MR) is 109 cm³/mol. The van der Waals surface area contributed by atoms with Crippen LogP contribution in [0.15, 0.2) is 23.7 Å². The molecule has 0 aliphatic rings. The van der Waals surface area contributed by atoms with E-state index in [0.29, 0.717) is 0 Å². The quantitative estimate of drug-likeness (QED) is 0.408. The van der Waals surface area contributed by atoms with E-state index in [4.69, 9.17) is 0 Å². The van der Waals surface area contributed by atoms with E-state index < -0.39 is 10.8 Å². The predicted octanol–water partition coefficient (Wildman–Crippen LogP) is 6.18. The fraction of sp³-hybridized carbons (Fsp3) is 0.727. The van der Waals surface area contributed by atoms with Gasteiger partial charge < -0.3 is 10.2 Å². The topological polar surface area (TPSA) is 74.6 Å². The first kappa shape index (κ1) is 30.6. The van der Waals surface area contributed by atoms with E-state index in [1.165, 1.54) is 12.2 Å². The Morgan fingerprint density at radius 2 is 0.704 bits per heavy atom. The van der Waals surface area contributed by atoms with Crippen LogP contribution in [0.5, 0.6) is 0 Å². The van der Waals surface area contributed by atoms with Crippen LogP contribution in [-0.2, 0) is 26.4 Å². The first-order valence-corrected chi connectivity index (χ1v) is 9.01. The van der Waals surface area contributed by atoms with Crippen molar-refractivity contribution >= 4 is 11.6 Å². The van der Waals surface area contributed by atoms with Crippen molar-refractivity contribution in [3.05, 3.63) is 23.7 Å². The van der Waals surface area contributed by atoms with Gasteiger partial charge >= 0.3 is 0 Å². The van der Waals surface area contributed by atoms with Crippen molar-refractivity contribution in [3.63, 3.8) is 0 Å². The molecule has 0 bridgehead atoms. The Morgan fingerprint density at radius 3 is 0.815 bits per heavy atom. The first-order valence-electron chi connectivity index (χ1n) is 9.01. The zero-order chi connectivity index (χ0) is 21.7. The van der Waals surface area contributed by atoms with Gasteiger partial charge in [-0.15, -0.1) is 0 Å². The van der Waals surface area contributed by atoms with Crippen molar-refractivity contribution in [2.45, 2.75) is 83.1 Å². The zero-order valence-corrected chi connectivity index (χ0v) is 20.2. The Morgan fingerprint density at radius 1 is 0.519 bits per heavy atom. The Kier molecular flexibility index (Phi) is 11.9. The minimum absolute atomic E-state index is 0. The molecule has 0 spiro atoms. The maximum atomic E-state index is 11.5. The number of hydrogen-bond acceptors (Lipinski definition) is 4. The van der Waals surface area contributed by atoms with Gasteiger partial charge in [-0.05, 0) is 0 Å². The normalized spacial score (nSPS) is 13.9. The molecule has 0 saturated heterocycles. The Labute approximate surface area is 176 Å². The van der Waals surface area contributed by atoms with Crippen LogP contribution in [0.2, 0.25) is 0 Å². The van der Waals surface area contributed by atoms with Gasteiger partial charge in [-0.1, -0.05) is 83.1 Å². The summed E-state index contributed by atoms with van der Waals surface area (Å²) in [4.78, 5) is 23.0. The summed E-state index contributed by atoms with van der Waals surface area (Å²) < 4.78 is 0. The zero-order valence-electron chi connectivity index (χ0n) is 19.2. The first-order chi connectivity index (χ1) is 11.1. The molecular formula is C22H40CoO4. The van der Waals surface area contributed by atoms with E-state index in [9.17, 15) is 19.8 Å². The summed E-state index contributed by atoms with van der Waals surface area (Å²) in [7, 11) is 0. The minimum atomic E-state index is -0.417. The van der Waals surface area contributed by atoms with Gasteiger partial charge in [0, 0.05) is 50.6 Å². The van der Waals surface area contributed by atoms with Crippen LogP contribution >= 0.6 is 0 Å². The summed E-state index contributed by atoms with van der Waals surface area (Å²) in [6.07, 6.45) is 2.67. The van der Waals surface area contributed by atoms with Gasteiger partial charge in [0.1, 0.15) is 11.5 Å². The van der Waals surface area contributed by atoms with Gasteiger partial charge in [0.05, 0.1) is 0 Å². The molecule has 0 rings (SSSR count). The maximum Gasteiger partial charge on any atom is 0.164 e. The molecule has 27 heavy (non-hydrogen) atoms. The second-order valence-electron chi connectivity index (χ2n) is 10.8.